The lowest BCUT2D eigenvalue weighted by Crippen LogP contribution is -2.43. The van der Waals surface area contributed by atoms with E-state index in [1.165, 1.54) is 0 Å². The summed E-state index contributed by atoms with van der Waals surface area (Å²) in [5.41, 5.74) is 4.95. The third-order valence-corrected chi connectivity index (χ3v) is 5.73. The molecule has 8 heteroatoms. The molecule has 2 N–H and O–H groups in total. The van der Waals surface area contributed by atoms with Crippen LogP contribution in [-0.4, -0.2) is 41.9 Å². The van der Waals surface area contributed by atoms with E-state index in [0.29, 0.717) is 5.56 Å². The smallest absolute Gasteiger partial charge is 0.311 e. The van der Waals surface area contributed by atoms with Crippen molar-refractivity contribution in [3.05, 3.63) is 71.3 Å². The van der Waals surface area contributed by atoms with Gasteiger partial charge in [0.25, 0.3) is 11.8 Å². The zero-order chi connectivity index (χ0) is 24.9. The predicted molar refractivity (Wildman–Crippen MR) is 126 cm³/mol. The van der Waals surface area contributed by atoms with E-state index < -0.39 is 30.3 Å². The zero-order valence-electron chi connectivity index (χ0n) is 20.0. The number of ether oxygens (including phenoxy) is 1. The van der Waals surface area contributed by atoms with Crippen molar-refractivity contribution < 1.29 is 23.9 Å². The SMILES string of the molecule is C[C@H](NC(=O)COC(=O)[C@H]1CC(=O)N(NC(=O)c2ccc(C(C)(C)C)cc2)C1)c1ccccc1. The van der Waals surface area contributed by atoms with Crippen molar-refractivity contribution in [2.75, 3.05) is 13.2 Å². The van der Waals surface area contributed by atoms with Crippen LogP contribution in [0, 0.1) is 5.92 Å². The van der Waals surface area contributed by atoms with Crippen LogP contribution in [0.3, 0.4) is 0 Å². The second kappa shape index (κ2) is 10.5. The van der Waals surface area contributed by atoms with E-state index in [-0.39, 0.29) is 30.3 Å². The van der Waals surface area contributed by atoms with Gasteiger partial charge in [-0.2, -0.15) is 0 Å². The highest BCUT2D eigenvalue weighted by atomic mass is 16.5. The van der Waals surface area contributed by atoms with Crippen molar-refractivity contribution >= 4 is 23.7 Å². The van der Waals surface area contributed by atoms with Crippen LogP contribution in [0.15, 0.2) is 54.6 Å². The van der Waals surface area contributed by atoms with Gasteiger partial charge < -0.3 is 10.1 Å². The first kappa shape index (κ1) is 25.0. The Bertz CT molecular complexity index is 1040. The summed E-state index contributed by atoms with van der Waals surface area (Å²) in [6.07, 6.45) is -0.0931. The number of esters is 1. The molecular weight excluding hydrogens is 434 g/mol. The fourth-order valence-electron chi connectivity index (χ4n) is 3.65. The molecule has 0 spiro atoms. The largest absolute Gasteiger partial charge is 0.455 e. The molecular formula is C26H31N3O5. The van der Waals surface area contributed by atoms with E-state index in [1.54, 1.807) is 12.1 Å². The molecule has 1 saturated heterocycles. The maximum absolute atomic E-state index is 12.5. The van der Waals surface area contributed by atoms with Crippen molar-refractivity contribution in [2.24, 2.45) is 5.92 Å². The van der Waals surface area contributed by atoms with Crippen molar-refractivity contribution in [2.45, 2.75) is 45.6 Å². The Morgan fingerprint density at radius 3 is 2.32 bits per heavy atom. The number of hydrogen-bond donors (Lipinski definition) is 2. The van der Waals surface area contributed by atoms with Crippen LogP contribution in [0.2, 0.25) is 0 Å². The summed E-state index contributed by atoms with van der Waals surface area (Å²) in [7, 11) is 0. The molecule has 0 bridgehead atoms. The lowest BCUT2D eigenvalue weighted by atomic mass is 9.87. The van der Waals surface area contributed by atoms with Gasteiger partial charge in [0.2, 0.25) is 5.91 Å². The molecule has 180 valence electrons. The highest BCUT2D eigenvalue weighted by molar-refractivity contribution is 5.96. The first-order chi connectivity index (χ1) is 16.0. The molecule has 8 nitrogen and oxygen atoms in total. The molecule has 2 aromatic carbocycles. The average Bonchev–Trinajstić information content (AvgIpc) is 3.17. The Hall–Kier alpha value is -3.68. The minimum Gasteiger partial charge on any atom is -0.455 e. The molecule has 2 aromatic rings. The van der Waals surface area contributed by atoms with Gasteiger partial charge in [0.1, 0.15) is 0 Å². The van der Waals surface area contributed by atoms with Gasteiger partial charge in [0.15, 0.2) is 6.61 Å². The van der Waals surface area contributed by atoms with E-state index in [4.69, 9.17) is 4.74 Å². The monoisotopic (exact) mass is 465 g/mol. The normalized spacial score (nSPS) is 16.6. The van der Waals surface area contributed by atoms with Crippen LogP contribution in [0.1, 0.15) is 61.6 Å². The van der Waals surface area contributed by atoms with Crippen LogP contribution in [0.5, 0.6) is 0 Å². The second-order valence-corrected chi connectivity index (χ2v) is 9.48. The van der Waals surface area contributed by atoms with Crippen molar-refractivity contribution in [1.82, 2.24) is 15.8 Å². The van der Waals surface area contributed by atoms with Crippen LogP contribution in [0.4, 0.5) is 0 Å². The van der Waals surface area contributed by atoms with Gasteiger partial charge in [-0.3, -0.25) is 29.6 Å². The summed E-state index contributed by atoms with van der Waals surface area (Å²) in [5, 5.41) is 3.89. The molecule has 1 aliphatic rings. The topological polar surface area (TPSA) is 105 Å². The number of nitrogens with zero attached hydrogens (tertiary/aromatic N) is 1. The van der Waals surface area contributed by atoms with Gasteiger partial charge in [-0.15, -0.1) is 0 Å². The molecule has 0 radical (unpaired) electrons. The molecule has 1 aliphatic heterocycles. The highest BCUT2D eigenvalue weighted by Crippen LogP contribution is 2.22. The standard InChI is InChI=1S/C26H31N3O5/c1-17(18-8-6-5-7-9-18)27-22(30)16-34-25(33)20-14-23(31)29(15-20)28-24(32)19-10-12-21(13-11-19)26(2,3)4/h5-13,17,20H,14-16H2,1-4H3,(H,27,30)(H,28,32)/t17-,20-/m0/s1. The van der Waals surface area contributed by atoms with E-state index in [9.17, 15) is 19.2 Å². The van der Waals surface area contributed by atoms with Gasteiger partial charge in [0.05, 0.1) is 18.5 Å². The van der Waals surface area contributed by atoms with Crippen molar-refractivity contribution in [1.29, 1.82) is 0 Å². The fourth-order valence-corrected chi connectivity index (χ4v) is 3.65. The Labute approximate surface area is 199 Å². The number of carbonyl (C=O) groups is 4. The lowest BCUT2D eigenvalue weighted by molar-refractivity contribution is -0.152. The highest BCUT2D eigenvalue weighted by Gasteiger charge is 2.36. The quantitative estimate of drug-likeness (QED) is 0.612. The molecule has 1 heterocycles. The maximum Gasteiger partial charge on any atom is 0.311 e. The molecule has 1 fully saturated rings. The molecule has 3 rings (SSSR count). The fraction of sp³-hybridized carbons (Fsp3) is 0.385. The van der Waals surface area contributed by atoms with E-state index in [0.717, 1.165) is 16.1 Å². The Balaban J connectivity index is 1.47. The molecule has 34 heavy (non-hydrogen) atoms. The summed E-state index contributed by atoms with van der Waals surface area (Å²) >= 11 is 0. The predicted octanol–water partition coefficient (Wildman–Crippen LogP) is 2.90. The van der Waals surface area contributed by atoms with E-state index in [2.05, 4.69) is 31.5 Å². The van der Waals surface area contributed by atoms with Gasteiger partial charge in [-0.1, -0.05) is 63.2 Å². The number of hydrazine groups is 1. The van der Waals surface area contributed by atoms with Crippen LogP contribution >= 0.6 is 0 Å². The third-order valence-electron chi connectivity index (χ3n) is 5.73. The average molecular weight is 466 g/mol. The molecule has 2 atom stereocenters. The van der Waals surface area contributed by atoms with Gasteiger partial charge in [0, 0.05) is 12.0 Å². The van der Waals surface area contributed by atoms with Crippen LogP contribution < -0.4 is 10.7 Å². The van der Waals surface area contributed by atoms with E-state index in [1.807, 2.05) is 49.4 Å². The molecule has 0 aliphatic carbocycles. The summed E-state index contributed by atoms with van der Waals surface area (Å²) in [6, 6.07) is 16.4. The van der Waals surface area contributed by atoms with Gasteiger partial charge in [-0.25, -0.2) is 0 Å². The maximum atomic E-state index is 12.5. The lowest BCUT2D eigenvalue weighted by Gasteiger charge is -2.20. The number of rotatable bonds is 7. The van der Waals surface area contributed by atoms with Gasteiger partial charge in [-0.05, 0) is 35.6 Å². The molecule has 3 amide bonds. The van der Waals surface area contributed by atoms with Crippen molar-refractivity contribution in [3.63, 3.8) is 0 Å². The molecule has 0 unspecified atom stereocenters. The number of hydrogen-bond acceptors (Lipinski definition) is 5. The molecule has 0 aromatic heterocycles. The number of carbonyl (C=O) groups excluding carboxylic acids is 4. The second-order valence-electron chi connectivity index (χ2n) is 9.48. The third kappa shape index (κ3) is 6.43. The summed E-state index contributed by atoms with van der Waals surface area (Å²) in [5.74, 6) is -2.66. The first-order valence-corrected chi connectivity index (χ1v) is 11.3. The minimum absolute atomic E-state index is 0.00841. The van der Waals surface area contributed by atoms with Gasteiger partial charge >= 0.3 is 5.97 Å². The molecule has 0 saturated carbocycles. The number of amides is 3. The summed E-state index contributed by atoms with van der Waals surface area (Å²) in [6.45, 7) is 7.63. The van der Waals surface area contributed by atoms with Crippen LogP contribution in [-0.2, 0) is 24.5 Å². The number of nitrogens with one attached hydrogen (secondary N) is 2. The summed E-state index contributed by atoms with van der Waals surface area (Å²) in [4.78, 5) is 49.4. The van der Waals surface area contributed by atoms with E-state index >= 15 is 0 Å². The Kier molecular flexibility index (Phi) is 7.71. The Morgan fingerprint density at radius 1 is 1.06 bits per heavy atom. The first-order valence-electron chi connectivity index (χ1n) is 11.3. The zero-order valence-corrected chi connectivity index (χ0v) is 20.0. The van der Waals surface area contributed by atoms with Crippen LogP contribution in [0.25, 0.3) is 0 Å². The minimum atomic E-state index is -0.754. The summed E-state index contributed by atoms with van der Waals surface area (Å²) < 4.78 is 5.11. The Morgan fingerprint density at radius 2 is 1.71 bits per heavy atom. The van der Waals surface area contributed by atoms with Crippen molar-refractivity contribution in [3.8, 4) is 0 Å². The number of benzene rings is 2.